The summed E-state index contributed by atoms with van der Waals surface area (Å²) >= 11 is 6.76. The maximum atomic E-state index is 12.2. The first-order valence-corrected chi connectivity index (χ1v) is 10.0. The molecule has 5 nitrogen and oxygen atoms in total. The molecule has 1 aromatic rings. The van der Waals surface area contributed by atoms with Crippen LogP contribution in [0.15, 0.2) is 21.1 Å². The average molecular weight is 462 g/mol. The average Bonchev–Trinajstić information content (AvgIpc) is 2.66. The van der Waals surface area contributed by atoms with Crippen molar-refractivity contribution in [2.75, 3.05) is 24.3 Å². The van der Waals surface area contributed by atoms with Gasteiger partial charge < -0.3 is 9.64 Å². The van der Waals surface area contributed by atoms with Crippen LogP contribution in [0.3, 0.4) is 0 Å². The molecule has 1 saturated heterocycles. The monoisotopic (exact) mass is 459 g/mol. The van der Waals surface area contributed by atoms with Crippen molar-refractivity contribution in [2.24, 2.45) is 5.92 Å². The van der Waals surface area contributed by atoms with Gasteiger partial charge in [0.05, 0.1) is 12.9 Å². The van der Waals surface area contributed by atoms with Crippen LogP contribution < -0.4 is 9.64 Å². The summed E-state index contributed by atoms with van der Waals surface area (Å²) in [4.78, 5) is 13.7. The number of nitrogens with zero attached hydrogens (tertiary/aromatic N) is 1. The summed E-state index contributed by atoms with van der Waals surface area (Å²) in [6.07, 6.45) is 0.150. The van der Waals surface area contributed by atoms with Crippen LogP contribution in [0.2, 0.25) is 0 Å². The van der Waals surface area contributed by atoms with E-state index in [1.54, 1.807) is 12.1 Å². The standard InChI is InChI=1S/C12H12Br2ClNO4S/c1-20-10-4-8(13)3-9(14)12(10)16-5-7(2-11(16)17)6-21(15,18)19/h3-4,7H,2,5-6H2,1H3. The summed E-state index contributed by atoms with van der Waals surface area (Å²) in [6.45, 7) is 0.293. The number of anilines is 1. The normalized spacial score (nSPS) is 19.1. The molecule has 1 fully saturated rings. The van der Waals surface area contributed by atoms with E-state index in [2.05, 4.69) is 31.9 Å². The Kier molecular flexibility index (Phi) is 5.23. The Morgan fingerprint density at radius 3 is 2.67 bits per heavy atom. The maximum Gasteiger partial charge on any atom is 0.232 e. The Morgan fingerprint density at radius 1 is 1.43 bits per heavy atom. The molecule has 1 aliphatic rings. The summed E-state index contributed by atoms with van der Waals surface area (Å²) in [5, 5.41) is 0. The zero-order valence-corrected chi connectivity index (χ0v) is 15.7. The Balaban J connectivity index is 2.33. The number of methoxy groups -OCH3 is 1. The fourth-order valence-corrected chi connectivity index (χ4v) is 5.07. The predicted molar refractivity (Wildman–Crippen MR) is 88.5 cm³/mol. The van der Waals surface area contributed by atoms with Crippen LogP contribution in [0, 0.1) is 5.92 Å². The van der Waals surface area contributed by atoms with E-state index in [0.717, 1.165) is 4.47 Å². The molecule has 0 N–H and O–H groups in total. The molecule has 0 bridgehead atoms. The summed E-state index contributed by atoms with van der Waals surface area (Å²) in [6, 6.07) is 3.55. The van der Waals surface area contributed by atoms with E-state index in [1.165, 1.54) is 12.0 Å². The fourth-order valence-electron chi connectivity index (χ4n) is 2.35. The first-order chi connectivity index (χ1) is 9.71. The lowest BCUT2D eigenvalue weighted by molar-refractivity contribution is -0.117. The maximum absolute atomic E-state index is 12.2. The highest BCUT2D eigenvalue weighted by Gasteiger charge is 2.35. The van der Waals surface area contributed by atoms with Gasteiger partial charge in [0.15, 0.2) is 0 Å². The van der Waals surface area contributed by atoms with Crippen LogP contribution in [0.1, 0.15) is 6.42 Å². The van der Waals surface area contributed by atoms with Gasteiger partial charge in [0.1, 0.15) is 11.4 Å². The number of carbonyl (C=O) groups excluding carboxylic acids is 1. The lowest BCUT2D eigenvalue weighted by atomic mass is 10.1. The largest absolute Gasteiger partial charge is 0.494 e. The van der Waals surface area contributed by atoms with Gasteiger partial charge in [0, 0.05) is 38.5 Å². The molecule has 1 aliphatic heterocycles. The van der Waals surface area contributed by atoms with Gasteiger partial charge in [-0.2, -0.15) is 0 Å². The van der Waals surface area contributed by atoms with E-state index in [-0.39, 0.29) is 24.0 Å². The number of halogens is 3. The molecule has 1 aromatic carbocycles. The van der Waals surface area contributed by atoms with E-state index < -0.39 is 9.05 Å². The smallest absolute Gasteiger partial charge is 0.232 e. The molecule has 0 aromatic heterocycles. The second-order valence-electron chi connectivity index (χ2n) is 4.72. The Morgan fingerprint density at radius 2 is 2.10 bits per heavy atom. The number of ether oxygens (including phenoxy) is 1. The minimum atomic E-state index is -3.63. The van der Waals surface area contributed by atoms with E-state index >= 15 is 0 Å². The Hall–Kier alpha value is -0.310. The minimum Gasteiger partial charge on any atom is -0.494 e. The number of hydrogen-bond acceptors (Lipinski definition) is 4. The van der Waals surface area contributed by atoms with Crippen LogP contribution in [0.4, 0.5) is 5.69 Å². The number of rotatable bonds is 4. The highest BCUT2D eigenvalue weighted by Crippen LogP contribution is 2.41. The van der Waals surface area contributed by atoms with E-state index in [4.69, 9.17) is 15.4 Å². The van der Waals surface area contributed by atoms with Crippen LogP contribution in [-0.4, -0.2) is 33.7 Å². The first kappa shape index (κ1) is 17.1. The van der Waals surface area contributed by atoms with E-state index in [9.17, 15) is 13.2 Å². The topological polar surface area (TPSA) is 63.7 Å². The van der Waals surface area contributed by atoms with Crippen LogP contribution in [0.25, 0.3) is 0 Å². The highest BCUT2D eigenvalue weighted by molar-refractivity contribution is 9.11. The summed E-state index contributed by atoms with van der Waals surface area (Å²) in [5.74, 6) is -0.159. The highest BCUT2D eigenvalue weighted by atomic mass is 79.9. The van der Waals surface area contributed by atoms with Gasteiger partial charge in [0.2, 0.25) is 15.0 Å². The van der Waals surface area contributed by atoms with Crippen molar-refractivity contribution >= 4 is 63.2 Å². The van der Waals surface area contributed by atoms with Crippen molar-refractivity contribution < 1.29 is 17.9 Å². The molecule has 1 atom stereocenters. The zero-order valence-electron chi connectivity index (χ0n) is 11.0. The molecule has 0 aliphatic carbocycles. The molecule has 1 heterocycles. The number of amides is 1. The molecule has 9 heteroatoms. The molecule has 116 valence electrons. The minimum absolute atomic E-state index is 0.150. The molecule has 0 spiro atoms. The second kappa shape index (κ2) is 6.44. The van der Waals surface area contributed by atoms with Gasteiger partial charge in [-0.3, -0.25) is 4.79 Å². The third-order valence-corrected chi connectivity index (χ3v) is 5.43. The molecule has 1 amide bonds. The van der Waals surface area contributed by atoms with Gasteiger partial charge >= 0.3 is 0 Å². The summed E-state index contributed by atoms with van der Waals surface area (Å²) in [5.41, 5.74) is 0.597. The van der Waals surface area contributed by atoms with Gasteiger partial charge in [-0.1, -0.05) is 15.9 Å². The van der Waals surface area contributed by atoms with Crippen LogP contribution in [0.5, 0.6) is 5.75 Å². The van der Waals surface area contributed by atoms with Crippen molar-refractivity contribution in [3.8, 4) is 5.75 Å². The molecular weight excluding hydrogens is 449 g/mol. The van der Waals surface area contributed by atoms with Crippen molar-refractivity contribution in [2.45, 2.75) is 6.42 Å². The molecule has 0 saturated carbocycles. The number of carbonyl (C=O) groups is 1. The molecule has 0 radical (unpaired) electrons. The third kappa shape index (κ3) is 4.12. The molecule has 1 unspecified atom stereocenters. The predicted octanol–water partition coefficient (Wildman–Crippen LogP) is 3.14. The van der Waals surface area contributed by atoms with Gasteiger partial charge in [-0.25, -0.2) is 8.42 Å². The molecule has 2 rings (SSSR count). The van der Waals surface area contributed by atoms with E-state index in [1.807, 2.05) is 0 Å². The van der Waals surface area contributed by atoms with Gasteiger partial charge in [-0.05, 0) is 28.1 Å². The Bertz CT molecular complexity index is 680. The van der Waals surface area contributed by atoms with Crippen molar-refractivity contribution in [3.63, 3.8) is 0 Å². The number of benzene rings is 1. The third-order valence-electron chi connectivity index (χ3n) is 3.12. The number of hydrogen-bond donors (Lipinski definition) is 0. The first-order valence-electron chi connectivity index (χ1n) is 5.97. The van der Waals surface area contributed by atoms with E-state index in [0.29, 0.717) is 22.5 Å². The second-order valence-corrected chi connectivity index (χ2v) is 9.31. The Labute approximate surface area is 144 Å². The van der Waals surface area contributed by atoms with Crippen molar-refractivity contribution in [3.05, 3.63) is 21.1 Å². The lowest BCUT2D eigenvalue weighted by Gasteiger charge is -2.21. The van der Waals surface area contributed by atoms with Crippen LogP contribution >= 0.6 is 42.5 Å². The summed E-state index contributed by atoms with van der Waals surface area (Å²) in [7, 11) is 3.15. The van der Waals surface area contributed by atoms with Crippen molar-refractivity contribution in [1.29, 1.82) is 0 Å². The summed E-state index contributed by atoms with van der Waals surface area (Å²) < 4.78 is 29.1. The van der Waals surface area contributed by atoms with Crippen molar-refractivity contribution in [1.82, 2.24) is 0 Å². The van der Waals surface area contributed by atoms with Crippen LogP contribution in [-0.2, 0) is 13.8 Å². The van der Waals surface area contributed by atoms with Gasteiger partial charge in [-0.15, -0.1) is 0 Å². The molecule has 21 heavy (non-hydrogen) atoms. The lowest BCUT2D eigenvalue weighted by Crippen LogP contribution is -2.26. The zero-order chi connectivity index (χ0) is 15.8. The fraction of sp³-hybridized carbons (Fsp3) is 0.417. The quantitative estimate of drug-likeness (QED) is 0.647. The molecular formula is C12H12Br2ClNO4S. The SMILES string of the molecule is COc1cc(Br)cc(Br)c1N1CC(CS(=O)(=O)Cl)CC1=O. The van der Waals surface area contributed by atoms with Gasteiger partial charge in [0.25, 0.3) is 0 Å².